The summed E-state index contributed by atoms with van der Waals surface area (Å²) in [4.78, 5) is 18.5. The van der Waals surface area contributed by atoms with Gasteiger partial charge < -0.3 is 15.0 Å². The maximum absolute atomic E-state index is 12.7. The van der Waals surface area contributed by atoms with Crippen LogP contribution in [0.4, 0.5) is 4.79 Å². The summed E-state index contributed by atoms with van der Waals surface area (Å²) < 4.78 is 6.03. The molecule has 0 spiro atoms. The van der Waals surface area contributed by atoms with E-state index in [-0.39, 0.29) is 6.03 Å². The van der Waals surface area contributed by atoms with E-state index in [9.17, 15) is 4.79 Å². The molecule has 1 atom stereocenters. The minimum absolute atomic E-state index is 0.00804. The van der Waals surface area contributed by atoms with E-state index < -0.39 is 5.60 Å². The second-order valence-corrected chi connectivity index (χ2v) is 8.49. The maximum Gasteiger partial charge on any atom is 0.317 e. The van der Waals surface area contributed by atoms with Gasteiger partial charge >= 0.3 is 6.03 Å². The van der Waals surface area contributed by atoms with Crippen LogP contribution in [0.2, 0.25) is 0 Å². The number of carbonyl (C=O) groups excluding carboxylic acids is 1. The minimum Gasteiger partial charge on any atom is -0.367 e. The number of hydrogen-bond acceptors (Lipinski definition) is 4. The lowest BCUT2D eigenvalue weighted by Gasteiger charge is -2.40. The highest BCUT2D eigenvalue weighted by atomic mass is 32.1. The quantitative estimate of drug-likeness (QED) is 0.880. The van der Waals surface area contributed by atoms with Gasteiger partial charge in [0.25, 0.3) is 0 Å². The van der Waals surface area contributed by atoms with Crippen molar-refractivity contribution in [3.63, 3.8) is 0 Å². The third-order valence-electron chi connectivity index (χ3n) is 5.54. The van der Waals surface area contributed by atoms with Gasteiger partial charge in [-0.15, -0.1) is 11.3 Å². The van der Waals surface area contributed by atoms with Crippen LogP contribution in [0.15, 0.2) is 41.8 Å². The molecule has 1 N–H and O–H groups in total. The lowest BCUT2D eigenvalue weighted by molar-refractivity contribution is -0.0906. The van der Waals surface area contributed by atoms with Crippen molar-refractivity contribution in [3.8, 4) is 0 Å². The molecule has 0 saturated carbocycles. The Balaban J connectivity index is 1.27. The van der Waals surface area contributed by atoms with Gasteiger partial charge in [-0.1, -0.05) is 30.3 Å². The van der Waals surface area contributed by atoms with Crippen molar-refractivity contribution in [2.24, 2.45) is 0 Å². The first-order valence-corrected chi connectivity index (χ1v) is 10.5. The molecule has 0 bridgehead atoms. The standard InChI is InChI=1S/C21H27N3O2S/c1-21(18-5-3-2-4-6-18)16-24(12-13-26-21)20(25)22-9-11-23-10-7-19-17(15-23)8-14-27-19/h2-6,8,14H,7,9-13,15-16H2,1H3,(H,22,25). The van der Waals surface area contributed by atoms with Crippen LogP contribution in [0.25, 0.3) is 0 Å². The van der Waals surface area contributed by atoms with E-state index in [1.807, 2.05) is 34.4 Å². The fourth-order valence-corrected chi connectivity index (χ4v) is 4.83. The number of urea groups is 1. The zero-order valence-electron chi connectivity index (χ0n) is 15.8. The van der Waals surface area contributed by atoms with E-state index in [1.165, 1.54) is 10.4 Å². The van der Waals surface area contributed by atoms with Crippen LogP contribution < -0.4 is 5.32 Å². The predicted molar refractivity (Wildman–Crippen MR) is 108 cm³/mol. The molecule has 4 rings (SSSR count). The molecule has 1 saturated heterocycles. The summed E-state index contributed by atoms with van der Waals surface area (Å²) in [6.45, 7) is 7.48. The highest BCUT2D eigenvalue weighted by Crippen LogP contribution is 2.29. The topological polar surface area (TPSA) is 44.8 Å². The van der Waals surface area contributed by atoms with Crippen LogP contribution in [0.5, 0.6) is 0 Å². The number of benzene rings is 1. The third kappa shape index (κ3) is 4.18. The van der Waals surface area contributed by atoms with Crippen LogP contribution in [0.3, 0.4) is 0 Å². The molecule has 27 heavy (non-hydrogen) atoms. The highest BCUT2D eigenvalue weighted by molar-refractivity contribution is 7.10. The zero-order valence-corrected chi connectivity index (χ0v) is 16.6. The van der Waals surface area contributed by atoms with Crippen molar-refractivity contribution in [2.75, 3.05) is 39.3 Å². The van der Waals surface area contributed by atoms with Gasteiger partial charge in [0.15, 0.2) is 0 Å². The van der Waals surface area contributed by atoms with E-state index in [0.717, 1.165) is 31.6 Å². The maximum atomic E-state index is 12.7. The largest absolute Gasteiger partial charge is 0.367 e. The van der Waals surface area contributed by atoms with Gasteiger partial charge in [-0.05, 0) is 35.9 Å². The van der Waals surface area contributed by atoms with Gasteiger partial charge in [0.05, 0.1) is 13.2 Å². The van der Waals surface area contributed by atoms with Crippen molar-refractivity contribution < 1.29 is 9.53 Å². The molecule has 2 aliphatic rings. The monoisotopic (exact) mass is 385 g/mol. The summed E-state index contributed by atoms with van der Waals surface area (Å²) >= 11 is 1.86. The average molecular weight is 386 g/mol. The Morgan fingerprint density at radius 3 is 2.96 bits per heavy atom. The van der Waals surface area contributed by atoms with Crippen LogP contribution in [0.1, 0.15) is 22.9 Å². The molecule has 5 nitrogen and oxygen atoms in total. The number of hydrogen-bond donors (Lipinski definition) is 1. The summed E-state index contributed by atoms with van der Waals surface area (Å²) in [5.41, 5.74) is 2.12. The summed E-state index contributed by atoms with van der Waals surface area (Å²) in [6.07, 6.45) is 1.12. The molecular formula is C21H27N3O2S. The molecule has 1 aromatic carbocycles. The zero-order chi connectivity index (χ0) is 18.7. The van der Waals surface area contributed by atoms with E-state index in [4.69, 9.17) is 4.74 Å². The molecule has 1 unspecified atom stereocenters. The first-order valence-electron chi connectivity index (χ1n) is 9.64. The smallest absolute Gasteiger partial charge is 0.317 e. The molecule has 2 amide bonds. The van der Waals surface area contributed by atoms with E-state index in [1.54, 1.807) is 0 Å². The van der Waals surface area contributed by atoms with Crippen molar-refractivity contribution in [3.05, 3.63) is 57.8 Å². The second-order valence-electron chi connectivity index (χ2n) is 7.49. The Morgan fingerprint density at radius 2 is 2.11 bits per heavy atom. The Bertz CT molecular complexity index is 779. The number of ether oxygens (including phenoxy) is 1. The van der Waals surface area contributed by atoms with Gasteiger partial charge in [-0.2, -0.15) is 0 Å². The minimum atomic E-state index is -0.445. The number of rotatable bonds is 4. The molecule has 1 fully saturated rings. The molecule has 0 aliphatic carbocycles. The average Bonchev–Trinajstić information content (AvgIpc) is 3.16. The normalized spacial score (nSPS) is 23.1. The van der Waals surface area contributed by atoms with Crippen LogP contribution in [-0.2, 0) is 23.3 Å². The lowest BCUT2D eigenvalue weighted by atomic mass is 9.94. The van der Waals surface area contributed by atoms with E-state index >= 15 is 0 Å². The highest BCUT2D eigenvalue weighted by Gasteiger charge is 2.35. The first-order chi connectivity index (χ1) is 13.1. The van der Waals surface area contributed by atoms with Crippen LogP contribution in [0, 0.1) is 0 Å². The number of amides is 2. The van der Waals surface area contributed by atoms with Crippen molar-refractivity contribution in [1.82, 2.24) is 15.1 Å². The fourth-order valence-electron chi connectivity index (χ4n) is 3.94. The van der Waals surface area contributed by atoms with Crippen LogP contribution >= 0.6 is 11.3 Å². The van der Waals surface area contributed by atoms with E-state index in [2.05, 4.69) is 40.7 Å². The first kappa shape index (κ1) is 18.5. The molecule has 2 aliphatic heterocycles. The Kier molecular flexibility index (Phi) is 5.48. The Morgan fingerprint density at radius 1 is 1.26 bits per heavy atom. The summed E-state index contributed by atoms with van der Waals surface area (Å²) in [7, 11) is 0. The fraction of sp³-hybridized carbons (Fsp3) is 0.476. The molecular weight excluding hydrogens is 358 g/mol. The molecule has 0 radical (unpaired) electrons. The van der Waals surface area contributed by atoms with Crippen molar-refractivity contribution in [2.45, 2.75) is 25.5 Å². The number of morpholine rings is 1. The summed E-state index contributed by atoms with van der Waals surface area (Å²) in [5, 5.41) is 5.28. The van der Waals surface area contributed by atoms with Gasteiger partial charge in [0.1, 0.15) is 5.60 Å². The van der Waals surface area contributed by atoms with Gasteiger partial charge in [-0.3, -0.25) is 4.90 Å². The molecule has 3 heterocycles. The Hall–Kier alpha value is -1.89. The lowest BCUT2D eigenvalue weighted by Crippen LogP contribution is -2.54. The molecule has 144 valence electrons. The van der Waals surface area contributed by atoms with Gasteiger partial charge in [0.2, 0.25) is 0 Å². The number of nitrogens with one attached hydrogen (secondary N) is 1. The number of fused-ring (bicyclic) bond motifs is 1. The number of carbonyl (C=O) groups is 1. The van der Waals surface area contributed by atoms with Crippen molar-refractivity contribution >= 4 is 17.4 Å². The molecule has 6 heteroatoms. The van der Waals surface area contributed by atoms with Crippen LogP contribution in [-0.4, -0.2) is 55.2 Å². The second kappa shape index (κ2) is 8.00. The molecule has 1 aromatic heterocycles. The number of nitrogens with zero attached hydrogens (tertiary/aromatic N) is 2. The SMILES string of the molecule is CC1(c2ccccc2)CN(C(=O)NCCN2CCc3sccc3C2)CCO1. The number of thiophene rings is 1. The Labute approximate surface area is 164 Å². The summed E-state index contributed by atoms with van der Waals surface area (Å²) in [6, 6.07) is 12.4. The van der Waals surface area contributed by atoms with Gasteiger partial charge in [0, 0.05) is 37.6 Å². The molecule has 2 aromatic rings. The summed E-state index contributed by atoms with van der Waals surface area (Å²) in [5.74, 6) is 0. The van der Waals surface area contributed by atoms with E-state index in [0.29, 0.717) is 26.2 Å². The predicted octanol–water partition coefficient (Wildman–Crippen LogP) is 3.06. The van der Waals surface area contributed by atoms with Crippen molar-refractivity contribution in [1.29, 1.82) is 0 Å². The third-order valence-corrected chi connectivity index (χ3v) is 6.56. The van der Waals surface area contributed by atoms with Gasteiger partial charge in [-0.25, -0.2) is 4.79 Å².